The number of thiophene rings is 1. The van der Waals surface area contributed by atoms with E-state index in [2.05, 4.69) is 25.5 Å². The highest BCUT2D eigenvalue weighted by atomic mass is 32.1. The van der Waals surface area contributed by atoms with E-state index in [0.29, 0.717) is 17.3 Å². The number of carbonyl (C=O) groups is 1. The Morgan fingerprint density at radius 2 is 2.22 bits per heavy atom. The van der Waals surface area contributed by atoms with Crippen LogP contribution in [0.25, 0.3) is 22.2 Å². The normalized spacial score (nSPS) is 10.8. The summed E-state index contributed by atoms with van der Waals surface area (Å²) in [7, 11) is 0. The Morgan fingerprint density at radius 1 is 1.26 bits per heavy atom. The second kappa shape index (κ2) is 5.78. The van der Waals surface area contributed by atoms with Crippen molar-refractivity contribution in [1.82, 2.24) is 20.2 Å². The maximum absolute atomic E-state index is 12.2. The van der Waals surface area contributed by atoms with E-state index < -0.39 is 0 Å². The van der Waals surface area contributed by atoms with Crippen LogP contribution in [0.2, 0.25) is 0 Å². The molecule has 0 aliphatic heterocycles. The number of hydrogen-bond acceptors (Lipinski definition) is 7. The molecule has 0 unspecified atom stereocenters. The highest BCUT2D eigenvalue weighted by molar-refractivity contribution is 7.14. The highest BCUT2D eigenvalue weighted by Gasteiger charge is 2.15. The first-order valence-electron chi connectivity index (χ1n) is 6.55. The van der Waals surface area contributed by atoms with Crippen molar-refractivity contribution >= 4 is 34.5 Å². The van der Waals surface area contributed by atoms with Crippen LogP contribution in [-0.2, 0) is 0 Å². The summed E-state index contributed by atoms with van der Waals surface area (Å²) in [4.78, 5) is 20.7. The van der Waals surface area contributed by atoms with Gasteiger partial charge in [0.25, 0.3) is 5.91 Å². The Balaban J connectivity index is 1.50. The Morgan fingerprint density at radius 3 is 3.00 bits per heavy atom. The maximum atomic E-state index is 12.2. The Labute approximate surface area is 138 Å². The molecule has 4 aromatic rings. The summed E-state index contributed by atoms with van der Waals surface area (Å²) < 4.78 is 5.21. The van der Waals surface area contributed by atoms with E-state index in [-0.39, 0.29) is 11.9 Å². The number of furan rings is 1. The minimum atomic E-state index is -0.354. The van der Waals surface area contributed by atoms with Crippen LogP contribution >= 0.6 is 22.7 Å². The van der Waals surface area contributed by atoms with E-state index in [1.807, 2.05) is 16.8 Å². The first kappa shape index (κ1) is 13.9. The first-order chi connectivity index (χ1) is 11.3. The van der Waals surface area contributed by atoms with Gasteiger partial charge in [0, 0.05) is 16.3 Å². The topological polar surface area (TPSA) is 96.7 Å². The van der Waals surface area contributed by atoms with Crippen LogP contribution in [0.4, 0.5) is 5.95 Å². The van der Waals surface area contributed by atoms with Crippen LogP contribution in [0.3, 0.4) is 0 Å². The van der Waals surface area contributed by atoms with Crippen molar-refractivity contribution in [1.29, 1.82) is 0 Å². The summed E-state index contributed by atoms with van der Waals surface area (Å²) in [6, 6.07) is 5.47. The second-order valence-electron chi connectivity index (χ2n) is 4.49. The molecular weight excluding hydrogens is 334 g/mol. The van der Waals surface area contributed by atoms with Crippen LogP contribution in [0, 0.1) is 0 Å². The third-order valence-electron chi connectivity index (χ3n) is 2.97. The molecule has 0 spiro atoms. The monoisotopic (exact) mass is 343 g/mol. The van der Waals surface area contributed by atoms with E-state index in [9.17, 15) is 4.79 Å². The predicted octanol–water partition coefficient (Wildman–Crippen LogP) is 3.50. The van der Waals surface area contributed by atoms with Gasteiger partial charge in [-0.3, -0.25) is 15.2 Å². The number of hydrogen-bond donors (Lipinski definition) is 2. The quantitative estimate of drug-likeness (QED) is 0.591. The van der Waals surface area contributed by atoms with Crippen LogP contribution in [0.5, 0.6) is 0 Å². The smallest absolute Gasteiger partial charge is 0.277 e. The predicted molar refractivity (Wildman–Crippen MR) is 87.5 cm³/mol. The molecular formula is C14H9N5O2S2. The zero-order valence-electron chi connectivity index (χ0n) is 11.5. The molecule has 0 bridgehead atoms. The minimum absolute atomic E-state index is 0.173. The van der Waals surface area contributed by atoms with Gasteiger partial charge >= 0.3 is 0 Å². The van der Waals surface area contributed by atoms with Gasteiger partial charge in [0.1, 0.15) is 10.7 Å². The van der Waals surface area contributed by atoms with Crippen LogP contribution in [-0.4, -0.2) is 26.1 Å². The standard InChI is InChI=1S/C14H9N5O2S2/c20-12(9-7-23-13(15-9)8-3-5-22-6-8)17-14-16-11(18-19-14)10-2-1-4-21-10/h1-7H,(H2,16,17,18,19,20). The van der Waals surface area contributed by atoms with Crippen molar-refractivity contribution < 1.29 is 9.21 Å². The van der Waals surface area contributed by atoms with Gasteiger partial charge in [-0.25, -0.2) is 4.98 Å². The minimum Gasteiger partial charge on any atom is -0.461 e. The summed E-state index contributed by atoms with van der Waals surface area (Å²) in [5.41, 5.74) is 1.34. The van der Waals surface area contributed by atoms with E-state index in [1.165, 1.54) is 17.6 Å². The van der Waals surface area contributed by atoms with E-state index in [4.69, 9.17) is 4.42 Å². The molecule has 4 rings (SSSR count). The second-order valence-corrected chi connectivity index (χ2v) is 6.13. The first-order valence-corrected chi connectivity index (χ1v) is 8.37. The molecule has 4 aromatic heterocycles. The zero-order valence-corrected chi connectivity index (χ0v) is 13.1. The molecule has 9 heteroatoms. The largest absolute Gasteiger partial charge is 0.461 e. The van der Waals surface area contributed by atoms with Gasteiger partial charge < -0.3 is 4.42 Å². The molecule has 4 heterocycles. The van der Waals surface area contributed by atoms with Crippen molar-refractivity contribution in [2.75, 3.05) is 5.32 Å². The van der Waals surface area contributed by atoms with Gasteiger partial charge in [-0.2, -0.15) is 16.3 Å². The molecule has 23 heavy (non-hydrogen) atoms. The molecule has 0 aliphatic carbocycles. The van der Waals surface area contributed by atoms with Crippen molar-refractivity contribution in [3.05, 3.63) is 46.3 Å². The molecule has 0 radical (unpaired) electrons. The fraction of sp³-hybridized carbons (Fsp3) is 0. The van der Waals surface area contributed by atoms with Crippen molar-refractivity contribution in [2.45, 2.75) is 0 Å². The number of anilines is 1. The van der Waals surface area contributed by atoms with E-state index in [0.717, 1.165) is 10.6 Å². The van der Waals surface area contributed by atoms with Crippen LogP contribution in [0.1, 0.15) is 10.5 Å². The average Bonchev–Trinajstić information content (AvgIpc) is 3.30. The van der Waals surface area contributed by atoms with E-state index in [1.54, 1.807) is 28.8 Å². The van der Waals surface area contributed by atoms with Crippen molar-refractivity contribution in [2.24, 2.45) is 0 Å². The number of amides is 1. The van der Waals surface area contributed by atoms with Gasteiger partial charge in [-0.15, -0.1) is 16.4 Å². The lowest BCUT2D eigenvalue weighted by atomic mass is 10.3. The molecule has 0 aromatic carbocycles. The Hall–Kier alpha value is -2.78. The number of rotatable bonds is 4. The lowest BCUT2D eigenvalue weighted by Gasteiger charge is -1.96. The fourth-order valence-electron chi connectivity index (χ4n) is 1.90. The number of carbonyl (C=O) groups excluding carboxylic acids is 1. The van der Waals surface area contributed by atoms with Gasteiger partial charge in [-0.05, 0) is 23.6 Å². The molecule has 0 aliphatic rings. The summed E-state index contributed by atoms with van der Waals surface area (Å²) in [6.45, 7) is 0. The SMILES string of the molecule is O=C(Nc1n[nH]c(-c2ccco2)n1)c1csc(-c2ccsc2)n1. The molecule has 114 valence electrons. The molecule has 0 saturated heterocycles. The number of aromatic amines is 1. The Bertz CT molecular complexity index is 924. The van der Waals surface area contributed by atoms with Crippen LogP contribution in [0.15, 0.2) is 45.0 Å². The van der Waals surface area contributed by atoms with Crippen molar-refractivity contribution in [3.63, 3.8) is 0 Å². The summed E-state index contributed by atoms with van der Waals surface area (Å²) in [5, 5.41) is 15.7. The van der Waals surface area contributed by atoms with Gasteiger partial charge in [0.2, 0.25) is 5.95 Å². The summed E-state index contributed by atoms with van der Waals surface area (Å²) >= 11 is 3.01. The van der Waals surface area contributed by atoms with Gasteiger partial charge in [0.05, 0.1) is 6.26 Å². The number of H-pyrrole nitrogens is 1. The molecule has 0 fully saturated rings. The lowest BCUT2D eigenvalue weighted by molar-refractivity contribution is 0.102. The van der Waals surface area contributed by atoms with Crippen LogP contribution < -0.4 is 5.32 Å². The summed E-state index contributed by atoms with van der Waals surface area (Å²) in [6.07, 6.45) is 1.54. The third kappa shape index (κ3) is 2.79. The third-order valence-corrected chi connectivity index (χ3v) is 4.54. The number of nitrogens with zero attached hydrogens (tertiary/aromatic N) is 3. The number of thiazole rings is 1. The molecule has 7 nitrogen and oxygen atoms in total. The number of aromatic nitrogens is 4. The van der Waals surface area contributed by atoms with E-state index >= 15 is 0 Å². The summed E-state index contributed by atoms with van der Waals surface area (Å²) in [5.74, 6) is 0.813. The number of nitrogens with one attached hydrogen (secondary N) is 2. The van der Waals surface area contributed by atoms with Gasteiger partial charge in [-0.1, -0.05) is 0 Å². The molecule has 1 amide bonds. The maximum Gasteiger partial charge on any atom is 0.277 e. The Kier molecular flexibility index (Phi) is 3.48. The lowest BCUT2D eigenvalue weighted by Crippen LogP contribution is -2.13. The molecule has 0 saturated carbocycles. The highest BCUT2D eigenvalue weighted by Crippen LogP contribution is 2.26. The van der Waals surface area contributed by atoms with Crippen molar-refractivity contribution in [3.8, 4) is 22.2 Å². The fourth-order valence-corrected chi connectivity index (χ4v) is 3.42. The average molecular weight is 343 g/mol. The molecule has 0 atom stereocenters. The zero-order chi connectivity index (χ0) is 15.6. The van der Waals surface area contributed by atoms with Gasteiger partial charge in [0.15, 0.2) is 11.6 Å². The molecule has 2 N–H and O–H groups in total.